The number of rotatable bonds is 5. The molecule has 0 heterocycles. The van der Waals surface area contributed by atoms with Crippen LogP contribution in [0.3, 0.4) is 0 Å². The first kappa shape index (κ1) is 13.2. The summed E-state index contributed by atoms with van der Waals surface area (Å²) in [7, 11) is 0. The summed E-state index contributed by atoms with van der Waals surface area (Å²) in [5.41, 5.74) is 2.02. The second-order valence-electron chi connectivity index (χ2n) is 3.76. The van der Waals surface area contributed by atoms with Crippen molar-refractivity contribution in [2.45, 2.75) is 25.6 Å². The molecule has 0 bridgehead atoms. The van der Waals surface area contributed by atoms with Gasteiger partial charge in [-0.25, -0.2) is 0 Å². The minimum Gasteiger partial charge on any atom is -0.390 e. The fraction of sp³-hybridized carbons (Fsp3) is 0.417. The van der Waals surface area contributed by atoms with E-state index in [1.165, 1.54) is 0 Å². The number of carbonyl (C=O) groups is 1. The van der Waals surface area contributed by atoms with Crippen molar-refractivity contribution in [3.05, 3.63) is 34.9 Å². The summed E-state index contributed by atoms with van der Waals surface area (Å²) in [6, 6.07) is 5.00. The Kier molecular flexibility index (Phi) is 4.99. The number of benzene rings is 1. The molecule has 0 amide bonds. The molecule has 2 N–H and O–H groups in total. The van der Waals surface area contributed by atoms with Gasteiger partial charge in [0.1, 0.15) is 12.4 Å². The number of hydrogen-bond acceptors (Lipinski definition) is 4. The normalized spacial score (nSPS) is 14.5. The predicted octanol–water partition coefficient (Wildman–Crippen LogP) is 1.52. The molecule has 0 saturated carbocycles. The minimum atomic E-state index is -0.923. The summed E-state index contributed by atoms with van der Waals surface area (Å²) < 4.78 is 0. The van der Waals surface area contributed by atoms with Gasteiger partial charge in [0.25, 0.3) is 0 Å². The van der Waals surface area contributed by atoms with Gasteiger partial charge < -0.3 is 10.2 Å². The second kappa shape index (κ2) is 6.03. The first-order valence-electron chi connectivity index (χ1n) is 5.13. The first-order chi connectivity index (χ1) is 7.60. The van der Waals surface area contributed by atoms with E-state index in [1.807, 2.05) is 0 Å². The quantitative estimate of drug-likeness (QED) is 0.540. The topological polar surface area (TPSA) is 57.5 Å². The van der Waals surface area contributed by atoms with E-state index in [0.717, 1.165) is 11.8 Å². The Hall–Kier alpha value is -0.840. The van der Waals surface area contributed by atoms with Gasteiger partial charge in [0.2, 0.25) is 0 Å². The van der Waals surface area contributed by atoms with Crippen molar-refractivity contribution in [1.29, 1.82) is 0 Å². The molecule has 0 saturated heterocycles. The Bertz CT molecular complexity index is 365. The molecule has 4 heteroatoms. The average Bonchev–Trinajstić information content (AvgIpc) is 2.28. The van der Waals surface area contributed by atoms with E-state index < -0.39 is 12.2 Å². The lowest BCUT2D eigenvalue weighted by Crippen LogP contribution is -2.19. The Morgan fingerprint density at radius 3 is 2.62 bits per heavy atom. The molecule has 3 nitrogen and oxygen atoms in total. The van der Waals surface area contributed by atoms with Gasteiger partial charge in [-0.2, -0.15) is 12.6 Å². The van der Waals surface area contributed by atoms with Crippen LogP contribution in [0.2, 0.25) is 0 Å². The second-order valence-corrected chi connectivity index (χ2v) is 4.21. The molecule has 0 fully saturated rings. The molecule has 1 aromatic rings. The summed E-state index contributed by atoms with van der Waals surface area (Å²) in [6.45, 7) is 1.80. The summed E-state index contributed by atoms with van der Waals surface area (Å²) in [4.78, 5) is 10.6. The third kappa shape index (κ3) is 3.07. The lowest BCUT2D eigenvalue weighted by atomic mass is 9.97. The Labute approximate surface area is 101 Å². The smallest absolute Gasteiger partial charge is 0.150 e. The number of aryl methyl sites for hydroxylation is 1. The van der Waals surface area contributed by atoms with E-state index in [9.17, 15) is 15.0 Å². The SMILES string of the molecule is Cc1cc(C=O)ccc1C(O)C(O)CCS. The van der Waals surface area contributed by atoms with Crippen LogP contribution < -0.4 is 0 Å². The van der Waals surface area contributed by atoms with Crippen LogP contribution in [0, 0.1) is 6.92 Å². The van der Waals surface area contributed by atoms with Crippen molar-refractivity contribution in [1.82, 2.24) is 0 Å². The highest BCUT2D eigenvalue weighted by Crippen LogP contribution is 2.23. The fourth-order valence-corrected chi connectivity index (χ4v) is 1.87. The van der Waals surface area contributed by atoms with E-state index in [2.05, 4.69) is 12.6 Å². The van der Waals surface area contributed by atoms with Gasteiger partial charge in [-0.15, -0.1) is 0 Å². The van der Waals surface area contributed by atoms with Crippen LogP contribution in [0.4, 0.5) is 0 Å². The average molecular weight is 240 g/mol. The maximum Gasteiger partial charge on any atom is 0.150 e. The lowest BCUT2D eigenvalue weighted by molar-refractivity contribution is 0.0169. The maximum absolute atomic E-state index is 10.6. The number of carbonyl (C=O) groups excluding carboxylic acids is 1. The summed E-state index contributed by atoms with van der Waals surface area (Å²) >= 11 is 4.01. The summed E-state index contributed by atoms with van der Waals surface area (Å²) in [5.74, 6) is 0.518. The highest BCUT2D eigenvalue weighted by molar-refractivity contribution is 7.80. The molecule has 2 unspecified atom stereocenters. The van der Waals surface area contributed by atoms with Crippen LogP contribution in [0.25, 0.3) is 0 Å². The summed E-state index contributed by atoms with van der Waals surface area (Å²) in [6.07, 6.45) is -0.557. The molecule has 0 aromatic heterocycles. The van der Waals surface area contributed by atoms with E-state index in [4.69, 9.17) is 0 Å². The van der Waals surface area contributed by atoms with E-state index in [-0.39, 0.29) is 0 Å². The van der Waals surface area contributed by atoms with Crippen molar-refractivity contribution in [3.8, 4) is 0 Å². The van der Waals surface area contributed by atoms with Gasteiger partial charge in [0, 0.05) is 5.56 Å². The highest BCUT2D eigenvalue weighted by atomic mass is 32.1. The number of aldehydes is 1. The van der Waals surface area contributed by atoms with Crippen molar-refractivity contribution < 1.29 is 15.0 Å². The van der Waals surface area contributed by atoms with Crippen LogP contribution in [0.15, 0.2) is 18.2 Å². The number of aliphatic hydroxyl groups is 2. The van der Waals surface area contributed by atoms with Gasteiger partial charge >= 0.3 is 0 Å². The minimum absolute atomic E-state index is 0.430. The largest absolute Gasteiger partial charge is 0.390 e. The van der Waals surface area contributed by atoms with Crippen molar-refractivity contribution in [3.63, 3.8) is 0 Å². The zero-order valence-electron chi connectivity index (χ0n) is 9.13. The molecule has 88 valence electrons. The van der Waals surface area contributed by atoms with Gasteiger partial charge in [-0.1, -0.05) is 12.1 Å². The molecule has 0 aliphatic heterocycles. The Balaban J connectivity index is 2.91. The van der Waals surface area contributed by atoms with Gasteiger partial charge in [0.05, 0.1) is 6.10 Å². The van der Waals surface area contributed by atoms with Gasteiger partial charge in [-0.05, 0) is 36.3 Å². The molecule has 16 heavy (non-hydrogen) atoms. The third-order valence-corrected chi connectivity index (χ3v) is 2.80. The molecular formula is C12H16O3S. The van der Waals surface area contributed by atoms with Crippen LogP contribution in [0.1, 0.15) is 34.0 Å². The molecule has 0 spiro atoms. The van der Waals surface area contributed by atoms with Crippen molar-refractivity contribution in [2.24, 2.45) is 0 Å². The van der Waals surface area contributed by atoms with Gasteiger partial charge in [0.15, 0.2) is 0 Å². The lowest BCUT2D eigenvalue weighted by Gasteiger charge is -2.19. The zero-order valence-corrected chi connectivity index (χ0v) is 10.0. The Morgan fingerprint density at radius 1 is 1.44 bits per heavy atom. The molecule has 0 aliphatic rings. The molecule has 2 atom stereocenters. The monoisotopic (exact) mass is 240 g/mol. The van der Waals surface area contributed by atoms with Crippen molar-refractivity contribution in [2.75, 3.05) is 5.75 Å². The van der Waals surface area contributed by atoms with E-state index in [1.54, 1.807) is 25.1 Å². The molecule has 0 aliphatic carbocycles. The molecule has 1 aromatic carbocycles. The van der Waals surface area contributed by atoms with E-state index in [0.29, 0.717) is 23.3 Å². The number of aliphatic hydroxyl groups excluding tert-OH is 2. The predicted molar refractivity (Wildman–Crippen MR) is 66.0 cm³/mol. The number of hydrogen-bond donors (Lipinski definition) is 3. The zero-order chi connectivity index (χ0) is 12.1. The molecule has 1 rings (SSSR count). The first-order valence-corrected chi connectivity index (χ1v) is 5.76. The van der Waals surface area contributed by atoms with Crippen LogP contribution in [-0.4, -0.2) is 28.4 Å². The Morgan fingerprint density at radius 2 is 2.12 bits per heavy atom. The van der Waals surface area contributed by atoms with Gasteiger partial charge in [-0.3, -0.25) is 4.79 Å². The van der Waals surface area contributed by atoms with Crippen LogP contribution >= 0.6 is 12.6 Å². The number of thiol groups is 1. The standard InChI is InChI=1S/C12H16O3S/c1-8-6-9(7-13)2-3-10(8)12(15)11(14)4-5-16/h2-3,6-7,11-12,14-16H,4-5H2,1H3. The highest BCUT2D eigenvalue weighted by Gasteiger charge is 2.19. The fourth-order valence-electron chi connectivity index (χ4n) is 1.60. The van der Waals surface area contributed by atoms with Crippen LogP contribution in [0.5, 0.6) is 0 Å². The molecule has 0 radical (unpaired) electrons. The van der Waals surface area contributed by atoms with Crippen molar-refractivity contribution >= 4 is 18.9 Å². The summed E-state index contributed by atoms with van der Waals surface area (Å²) in [5, 5.41) is 19.5. The van der Waals surface area contributed by atoms with E-state index >= 15 is 0 Å². The maximum atomic E-state index is 10.6. The van der Waals surface area contributed by atoms with Crippen LogP contribution in [-0.2, 0) is 0 Å². The molecular weight excluding hydrogens is 224 g/mol. The third-order valence-electron chi connectivity index (χ3n) is 2.54.